The third-order valence-electron chi connectivity index (χ3n) is 2.77. The lowest BCUT2D eigenvalue weighted by Gasteiger charge is -2.11. The molecular formula is C14H13F2N. The van der Waals surface area contributed by atoms with Crippen molar-refractivity contribution in [2.45, 2.75) is 13.5 Å². The zero-order chi connectivity index (χ0) is 12.4. The van der Waals surface area contributed by atoms with Gasteiger partial charge in [0, 0.05) is 6.54 Å². The van der Waals surface area contributed by atoms with Gasteiger partial charge < -0.3 is 5.73 Å². The zero-order valence-corrected chi connectivity index (χ0v) is 9.50. The van der Waals surface area contributed by atoms with Crippen molar-refractivity contribution in [2.75, 3.05) is 0 Å². The van der Waals surface area contributed by atoms with Crippen LogP contribution in [0.4, 0.5) is 8.78 Å². The van der Waals surface area contributed by atoms with Crippen molar-refractivity contribution in [1.29, 1.82) is 0 Å². The molecule has 0 aliphatic heterocycles. The van der Waals surface area contributed by atoms with E-state index in [1.54, 1.807) is 19.1 Å². The highest BCUT2D eigenvalue weighted by atomic mass is 19.1. The van der Waals surface area contributed by atoms with E-state index in [1.165, 1.54) is 24.3 Å². The van der Waals surface area contributed by atoms with E-state index in [1.807, 2.05) is 0 Å². The quantitative estimate of drug-likeness (QED) is 0.845. The fraction of sp³-hybridized carbons (Fsp3) is 0.143. The normalized spacial score (nSPS) is 10.6. The van der Waals surface area contributed by atoms with E-state index in [0.29, 0.717) is 6.54 Å². The van der Waals surface area contributed by atoms with E-state index in [9.17, 15) is 8.78 Å². The van der Waals surface area contributed by atoms with Crippen LogP contribution in [0.15, 0.2) is 36.4 Å². The second kappa shape index (κ2) is 4.63. The predicted octanol–water partition coefficient (Wildman–Crippen LogP) is 3.40. The first kappa shape index (κ1) is 11.7. The van der Waals surface area contributed by atoms with Crippen LogP contribution in [0.5, 0.6) is 0 Å². The SMILES string of the molecule is Cc1cc(F)ccc1-c1cc(F)ccc1CN. The van der Waals surface area contributed by atoms with Crippen LogP contribution >= 0.6 is 0 Å². The third kappa shape index (κ3) is 2.34. The van der Waals surface area contributed by atoms with Gasteiger partial charge in [-0.2, -0.15) is 0 Å². The Morgan fingerprint density at radius 3 is 2.24 bits per heavy atom. The maximum absolute atomic E-state index is 13.3. The van der Waals surface area contributed by atoms with Crippen LogP contribution in [0.25, 0.3) is 11.1 Å². The van der Waals surface area contributed by atoms with Crippen LogP contribution < -0.4 is 5.73 Å². The molecule has 0 fully saturated rings. The van der Waals surface area contributed by atoms with Gasteiger partial charge in [0.2, 0.25) is 0 Å². The maximum atomic E-state index is 13.3. The highest BCUT2D eigenvalue weighted by molar-refractivity contribution is 5.70. The van der Waals surface area contributed by atoms with Gasteiger partial charge in [-0.25, -0.2) is 8.78 Å². The first-order valence-electron chi connectivity index (χ1n) is 5.37. The molecule has 17 heavy (non-hydrogen) atoms. The summed E-state index contributed by atoms with van der Waals surface area (Å²) in [6.07, 6.45) is 0. The molecule has 0 spiro atoms. The maximum Gasteiger partial charge on any atom is 0.123 e. The molecule has 0 amide bonds. The Hall–Kier alpha value is -1.74. The van der Waals surface area contributed by atoms with Crippen molar-refractivity contribution >= 4 is 0 Å². The monoisotopic (exact) mass is 233 g/mol. The summed E-state index contributed by atoms with van der Waals surface area (Å²) in [5.41, 5.74) is 8.78. The Morgan fingerprint density at radius 2 is 1.59 bits per heavy atom. The fourth-order valence-electron chi connectivity index (χ4n) is 1.91. The Morgan fingerprint density at radius 1 is 0.941 bits per heavy atom. The van der Waals surface area contributed by atoms with Gasteiger partial charge in [-0.1, -0.05) is 12.1 Å². The van der Waals surface area contributed by atoms with Crippen LogP contribution in [-0.4, -0.2) is 0 Å². The van der Waals surface area contributed by atoms with Gasteiger partial charge in [0.25, 0.3) is 0 Å². The molecular weight excluding hydrogens is 220 g/mol. The number of benzene rings is 2. The minimum Gasteiger partial charge on any atom is -0.326 e. The first-order chi connectivity index (χ1) is 8.11. The minimum atomic E-state index is -0.319. The molecule has 0 heterocycles. The Balaban J connectivity index is 2.62. The van der Waals surface area contributed by atoms with Crippen molar-refractivity contribution in [2.24, 2.45) is 5.73 Å². The molecule has 0 saturated carbocycles. The average Bonchev–Trinajstić information content (AvgIpc) is 2.29. The molecule has 0 aliphatic rings. The molecule has 0 saturated heterocycles. The molecule has 2 rings (SSSR count). The molecule has 3 heteroatoms. The number of rotatable bonds is 2. The van der Waals surface area contributed by atoms with Crippen molar-refractivity contribution < 1.29 is 8.78 Å². The van der Waals surface area contributed by atoms with Crippen LogP contribution in [0.2, 0.25) is 0 Å². The molecule has 2 aromatic rings. The van der Waals surface area contributed by atoms with Crippen molar-refractivity contribution in [3.63, 3.8) is 0 Å². The number of hydrogen-bond acceptors (Lipinski definition) is 1. The lowest BCUT2D eigenvalue weighted by molar-refractivity contribution is 0.626. The van der Waals surface area contributed by atoms with Gasteiger partial charge in [0.15, 0.2) is 0 Å². The first-order valence-corrected chi connectivity index (χ1v) is 5.37. The van der Waals surface area contributed by atoms with Crippen molar-refractivity contribution in [3.05, 3.63) is 59.2 Å². The second-order valence-corrected chi connectivity index (χ2v) is 3.96. The Labute approximate surface area is 98.9 Å². The van der Waals surface area contributed by atoms with Gasteiger partial charge in [0.1, 0.15) is 11.6 Å². The summed E-state index contributed by atoms with van der Waals surface area (Å²) in [5.74, 6) is -0.613. The second-order valence-electron chi connectivity index (χ2n) is 3.96. The molecule has 0 radical (unpaired) electrons. The fourth-order valence-corrected chi connectivity index (χ4v) is 1.91. The standard InChI is InChI=1S/C14H13F2N/c1-9-6-11(15)4-5-13(9)14-7-12(16)3-2-10(14)8-17/h2-7H,8,17H2,1H3. The smallest absolute Gasteiger partial charge is 0.123 e. The summed E-state index contributed by atoms with van der Waals surface area (Å²) in [6.45, 7) is 2.12. The van der Waals surface area contributed by atoms with E-state index in [4.69, 9.17) is 5.73 Å². The van der Waals surface area contributed by atoms with Crippen LogP contribution in [0.3, 0.4) is 0 Å². The lowest BCUT2D eigenvalue weighted by Crippen LogP contribution is -2.00. The largest absolute Gasteiger partial charge is 0.326 e. The highest BCUT2D eigenvalue weighted by Gasteiger charge is 2.08. The molecule has 88 valence electrons. The van der Waals surface area contributed by atoms with Crippen LogP contribution in [0, 0.1) is 18.6 Å². The Bertz CT molecular complexity index is 550. The predicted molar refractivity (Wildman–Crippen MR) is 64.4 cm³/mol. The van der Waals surface area contributed by atoms with Gasteiger partial charge in [0.05, 0.1) is 0 Å². The topological polar surface area (TPSA) is 26.0 Å². The number of aryl methyl sites for hydroxylation is 1. The van der Waals surface area contributed by atoms with Crippen LogP contribution in [-0.2, 0) is 6.54 Å². The van der Waals surface area contributed by atoms with Crippen molar-refractivity contribution in [1.82, 2.24) is 0 Å². The number of nitrogens with two attached hydrogens (primary N) is 1. The summed E-state index contributed by atoms with van der Waals surface area (Å²) in [4.78, 5) is 0. The summed E-state index contributed by atoms with van der Waals surface area (Å²) >= 11 is 0. The Kier molecular flexibility index (Phi) is 3.20. The molecule has 0 unspecified atom stereocenters. The molecule has 0 aromatic heterocycles. The zero-order valence-electron chi connectivity index (χ0n) is 9.50. The highest BCUT2D eigenvalue weighted by Crippen LogP contribution is 2.28. The van der Waals surface area contributed by atoms with E-state index in [-0.39, 0.29) is 11.6 Å². The molecule has 0 aliphatic carbocycles. The van der Waals surface area contributed by atoms with E-state index in [2.05, 4.69) is 0 Å². The lowest BCUT2D eigenvalue weighted by atomic mass is 9.96. The summed E-state index contributed by atoms with van der Waals surface area (Å²) < 4.78 is 26.3. The van der Waals surface area contributed by atoms with Crippen LogP contribution in [0.1, 0.15) is 11.1 Å². The average molecular weight is 233 g/mol. The minimum absolute atomic E-state index is 0.294. The molecule has 2 N–H and O–H groups in total. The van der Waals surface area contributed by atoms with Gasteiger partial charge in [-0.3, -0.25) is 0 Å². The summed E-state index contributed by atoms with van der Waals surface area (Å²) in [6, 6.07) is 8.92. The molecule has 0 atom stereocenters. The molecule has 0 bridgehead atoms. The van der Waals surface area contributed by atoms with Gasteiger partial charge >= 0.3 is 0 Å². The van der Waals surface area contributed by atoms with Gasteiger partial charge in [-0.15, -0.1) is 0 Å². The molecule has 2 aromatic carbocycles. The summed E-state index contributed by atoms with van der Waals surface area (Å²) in [7, 11) is 0. The number of hydrogen-bond donors (Lipinski definition) is 1. The molecule has 1 nitrogen and oxygen atoms in total. The third-order valence-corrected chi connectivity index (χ3v) is 2.77. The summed E-state index contributed by atoms with van der Waals surface area (Å²) in [5, 5.41) is 0. The number of halogens is 2. The van der Waals surface area contributed by atoms with Gasteiger partial charge in [-0.05, 0) is 53.4 Å². The van der Waals surface area contributed by atoms with E-state index >= 15 is 0 Å². The van der Waals surface area contributed by atoms with Crippen molar-refractivity contribution in [3.8, 4) is 11.1 Å². The van der Waals surface area contributed by atoms with E-state index < -0.39 is 0 Å². The van der Waals surface area contributed by atoms with E-state index in [0.717, 1.165) is 22.3 Å².